The van der Waals surface area contributed by atoms with Gasteiger partial charge in [-0.2, -0.15) is 0 Å². The zero-order valence-electron chi connectivity index (χ0n) is 9.39. The van der Waals surface area contributed by atoms with Crippen molar-refractivity contribution in [2.75, 3.05) is 7.05 Å². The van der Waals surface area contributed by atoms with Gasteiger partial charge >= 0.3 is 5.97 Å². The fraction of sp³-hybridized carbons (Fsp3) is 0.600. The quantitative estimate of drug-likeness (QED) is 0.855. The van der Waals surface area contributed by atoms with Crippen LogP contribution in [-0.4, -0.2) is 34.0 Å². The Morgan fingerprint density at radius 2 is 2.20 bits per heavy atom. The molecule has 2 unspecified atom stereocenters. The maximum atomic E-state index is 10.8. The second-order valence-corrected chi connectivity index (χ2v) is 4.71. The van der Waals surface area contributed by atoms with Crippen LogP contribution in [0.25, 0.3) is 0 Å². The third kappa shape index (κ3) is 2.76. The van der Waals surface area contributed by atoms with E-state index in [-0.39, 0.29) is 6.04 Å². The molecule has 0 aliphatic heterocycles. The van der Waals surface area contributed by atoms with Gasteiger partial charge in [0.1, 0.15) is 6.04 Å². The summed E-state index contributed by atoms with van der Waals surface area (Å²) in [5.74, 6) is -0.809. The SMILES string of the molecule is Cc1nc(C(C)N(C)C(C)C(=O)O)cs1. The molecule has 0 aromatic carbocycles. The molecular formula is C10H16N2O2S. The van der Waals surface area contributed by atoms with Gasteiger partial charge in [0.25, 0.3) is 0 Å². The molecule has 1 heterocycles. The topological polar surface area (TPSA) is 53.4 Å². The number of hydrogen-bond donors (Lipinski definition) is 1. The summed E-state index contributed by atoms with van der Waals surface area (Å²) in [7, 11) is 1.80. The Hall–Kier alpha value is -0.940. The molecule has 1 N–H and O–H groups in total. The first-order valence-corrected chi connectivity index (χ1v) is 5.68. The Morgan fingerprint density at radius 1 is 1.60 bits per heavy atom. The van der Waals surface area contributed by atoms with E-state index in [4.69, 9.17) is 5.11 Å². The number of thiazole rings is 1. The Balaban J connectivity index is 2.76. The highest BCUT2D eigenvalue weighted by molar-refractivity contribution is 7.09. The molecule has 1 aromatic heterocycles. The van der Waals surface area contributed by atoms with Crippen LogP contribution in [0.2, 0.25) is 0 Å². The summed E-state index contributed by atoms with van der Waals surface area (Å²) in [6.45, 7) is 5.59. The number of rotatable bonds is 4. The highest BCUT2D eigenvalue weighted by Gasteiger charge is 2.23. The third-order valence-electron chi connectivity index (χ3n) is 2.64. The number of aryl methyl sites for hydroxylation is 1. The molecule has 0 radical (unpaired) electrons. The van der Waals surface area contributed by atoms with Gasteiger partial charge in [-0.1, -0.05) is 0 Å². The molecule has 5 heteroatoms. The van der Waals surface area contributed by atoms with E-state index < -0.39 is 12.0 Å². The monoisotopic (exact) mass is 228 g/mol. The van der Waals surface area contributed by atoms with Crippen molar-refractivity contribution >= 4 is 17.3 Å². The van der Waals surface area contributed by atoms with Gasteiger partial charge in [-0.25, -0.2) is 4.98 Å². The fourth-order valence-corrected chi connectivity index (χ4v) is 1.99. The van der Waals surface area contributed by atoms with Crippen molar-refractivity contribution in [2.24, 2.45) is 0 Å². The van der Waals surface area contributed by atoms with Crippen LogP contribution >= 0.6 is 11.3 Å². The molecular weight excluding hydrogens is 212 g/mol. The average molecular weight is 228 g/mol. The number of carboxylic acid groups (broad SMARTS) is 1. The van der Waals surface area contributed by atoms with E-state index in [0.717, 1.165) is 10.7 Å². The van der Waals surface area contributed by atoms with Gasteiger partial charge in [-0.15, -0.1) is 11.3 Å². The smallest absolute Gasteiger partial charge is 0.320 e. The molecule has 0 saturated heterocycles. The summed E-state index contributed by atoms with van der Waals surface area (Å²) >= 11 is 1.59. The summed E-state index contributed by atoms with van der Waals surface area (Å²) in [4.78, 5) is 17.0. The molecule has 0 bridgehead atoms. The minimum atomic E-state index is -0.809. The van der Waals surface area contributed by atoms with Gasteiger partial charge in [0.15, 0.2) is 0 Å². The maximum Gasteiger partial charge on any atom is 0.320 e. The van der Waals surface area contributed by atoms with Crippen LogP contribution in [0.3, 0.4) is 0 Å². The van der Waals surface area contributed by atoms with Crippen LogP contribution in [0.4, 0.5) is 0 Å². The lowest BCUT2D eigenvalue weighted by atomic mass is 10.2. The summed E-state index contributed by atoms with van der Waals surface area (Å²) in [6, 6.07) is -0.469. The fourth-order valence-electron chi connectivity index (χ4n) is 1.29. The first kappa shape index (κ1) is 12.1. The molecule has 0 saturated carbocycles. The molecule has 1 rings (SSSR count). The number of hydrogen-bond acceptors (Lipinski definition) is 4. The Bertz CT molecular complexity index is 351. The van der Waals surface area contributed by atoms with E-state index >= 15 is 0 Å². The zero-order chi connectivity index (χ0) is 11.6. The molecule has 84 valence electrons. The number of nitrogens with zero attached hydrogens (tertiary/aromatic N) is 2. The van der Waals surface area contributed by atoms with Crippen LogP contribution in [0, 0.1) is 6.92 Å². The normalized spacial score (nSPS) is 15.3. The molecule has 0 amide bonds. The predicted molar refractivity (Wildman–Crippen MR) is 60.1 cm³/mol. The Morgan fingerprint density at radius 3 is 2.60 bits per heavy atom. The average Bonchev–Trinajstić information content (AvgIpc) is 2.61. The van der Waals surface area contributed by atoms with Gasteiger partial charge < -0.3 is 5.11 Å². The van der Waals surface area contributed by atoms with E-state index in [2.05, 4.69) is 4.98 Å². The van der Waals surface area contributed by atoms with E-state index in [1.54, 1.807) is 30.2 Å². The Kier molecular flexibility index (Phi) is 3.82. The standard InChI is InChI=1S/C10H16N2O2S/c1-6(9-5-15-8(3)11-9)12(4)7(2)10(13)14/h5-7H,1-4H3,(H,13,14). The molecule has 0 fully saturated rings. The molecule has 0 aliphatic carbocycles. The second kappa shape index (κ2) is 4.72. The van der Waals surface area contributed by atoms with Crippen molar-refractivity contribution in [3.8, 4) is 0 Å². The highest BCUT2D eigenvalue weighted by atomic mass is 32.1. The van der Waals surface area contributed by atoms with Crippen molar-refractivity contribution in [1.82, 2.24) is 9.88 Å². The van der Waals surface area contributed by atoms with E-state index in [1.807, 2.05) is 19.2 Å². The Labute approximate surface area is 93.6 Å². The van der Waals surface area contributed by atoms with Gasteiger partial charge in [0, 0.05) is 5.38 Å². The zero-order valence-corrected chi connectivity index (χ0v) is 10.2. The third-order valence-corrected chi connectivity index (χ3v) is 3.44. The van der Waals surface area contributed by atoms with Crippen LogP contribution in [0.1, 0.15) is 30.6 Å². The van der Waals surface area contributed by atoms with Crippen LogP contribution in [0.5, 0.6) is 0 Å². The number of aliphatic carboxylic acids is 1. The van der Waals surface area contributed by atoms with Gasteiger partial charge in [-0.05, 0) is 27.8 Å². The molecule has 0 spiro atoms. The van der Waals surface area contributed by atoms with Crippen molar-refractivity contribution < 1.29 is 9.90 Å². The van der Waals surface area contributed by atoms with Gasteiger partial charge in [-0.3, -0.25) is 9.69 Å². The summed E-state index contributed by atoms with van der Waals surface area (Å²) in [6.07, 6.45) is 0. The first-order chi connectivity index (χ1) is 6.93. The molecule has 4 nitrogen and oxygen atoms in total. The minimum absolute atomic E-state index is 0.0287. The maximum absolute atomic E-state index is 10.8. The number of likely N-dealkylation sites (N-methyl/N-ethyl adjacent to an activating group) is 1. The lowest BCUT2D eigenvalue weighted by molar-refractivity contribution is -0.142. The molecule has 2 atom stereocenters. The highest BCUT2D eigenvalue weighted by Crippen LogP contribution is 2.22. The number of carbonyl (C=O) groups is 1. The van der Waals surface area contributed by atoms with Crippen molar-refractivity contribution in [2.45, 2.75) is 32.9 Å². The summed E-state index contributed by atoms with van der Waals surface area (Å²) in [5.41, 5.74) is 0.938. The lowest BCUT2D eigenvalue weighted by Gasteiger charge is -2.26. The van der Waals surface area contributed by atoms with Gasteiger partial charge in [0.2, 0.25) is 0 Å². The van der Waals surface area contributed by atoms with Crippen molar-refractivity contribution in [1.29, 1.82) is 0 Å². The predicted octanol–water partition coefficient (Wildman–Crippen LogP) is 1.92. The summed E-state index contributed by atoms with van der Waals surface area (Å²) < 4.78 is 0. The molecule has 0 aliphatic rings. The molecule has 1 aromatic rings. The van der Waals surface area contributed by atoms with Crippen molar-refractivity contribution in [3.05, 3.63) is 16.1 Å². The van der Waals surface area contributed by atoms with Crippen LogP contribution in [-0.2, 0) is 4.79 Å². The van der Waals surface area contributed by atoms with E-state index in [9.17, 15) is 4.79 Å². The van der Waals surface area contributed by atoms with E-state index in [0.29, 0.717) is 0 Å². The van der Waals surface area contributed by atoms with E-state index in [1.165, 1.54) is 0 Å². The number of carboxylic acids is 1. The minimum Gasteiger partial charge on any atom is -0.480 e. The largest absolute Gasteiger partial charge is 0.480 e. The van der Waals surface area contributed by atoms with Crippen molar-refractivity contribution in [3.63, 3.8) is 0 Å². The number of aromatic nitrogens is 1. The van der Waals surface area contributed by atoms with Crippen LogP contribution in [0.15, 0.2) is 5.38 Å². The first-order valence-electron chi connectivity index (χ1n) is 4.80. The van der Waals surface area contributed by atoms with Gasteiger partial charge in [0.05, 0.1) is 16.7 Å². The second-order valence-electron chi connectivity index (χ2n) is 3.65. The van der Waals surface area contributed by atoms with Crippen LogP contribution < -0.4 is 0 Å². The lowest BCUT2D eigenvalue weighted by Crippen LogP contribution is -2.37. The molecule has 15 heavy (non-hydrogen) atoms. The summed E-state index contributed by atoms with van der Waals surface area (Å²) in [5, 5.41) is 11.9.